The summed E-state index contributed by atoms with van der Waals surface area (Å²) in [6.07, 6.45) is 0. The number of carbonyl (C=O) groups is 2. The first-order valence-corrected chi connectivity index (χ1v) is 1.82. The van der Waals surface area contributed by atoms with E-state index in [0.29, 0.717) is 0 Å². The third kappa shape index (κ3) is 342. The van der Waals surface area contributed by atoms with E-state index >= 15 is 0 Å². The first-order valence-electron chi connectivity index (χ1n) is 1.82. The van der Waals surface area contributed by atoms with Crippen LogP contribution in [0, 0.1) is 0 Å². The third-order valence-corrected chi connectivity index (χ3v) is 0. The zero-order valence-electron chi connectivity index (χ0n) is 6.31. The minimum atomic E-state index is -1.08. The summed E-state index contributed by atoms with van der Waals surface area (Å²) in [7, 11) is 0. The molecule has 0 heterocycles. The molecule has 0 unspecified atom stereocenters. The molecule has 1 radical (unpaired) electrons. The van der Waals surface area contributed by atoms with Crippen molar-refractivity contribution in [2.24, 2.45) is 0 Å². The second-order valence-corrected chi connectivity index (χ2v) is 0.983. The van der Waals surface area contributed by atoms with Gasteiger partial charge in [0.1, 0.15) is 0 Å². The standard InChI is InChI=1S/2C2H4O2.Cu.HI.K/c2*1-2(3)4;;;/h2*1H3,(H,3,4);;1H;/q;;+2;;+1/p-3. The monoisotopic (exact) mass is 347 g/mol. The molecule has 0 aliphatic heterocycles. The Bertz CT molecular complexity index is 80.1. The van der Waals surface area contributed by atoms with Crippen molar-refractivity contribution in [2.75, 3.05) is 0 Å². The van der Waals surface area contributed by atoms with Crippen LogP contribution in [0.25, 0.3) is 0 Å². The number of halogens is 1. The van der Waals surface area contributed by atoms with Gasteiger partial charge < -0.3 is 43.8 Å². The Hall–Kier alpha value is 1.83. The SMILES string of the molecule is CC(=O)[O-].CC(=O)[O-].[Cu+2].[I-].[K+]. The Morgan fingerprint density at radius 2 is 1.00 bits per heavy atom. The van der Waals surface area contributed by atoms with Crippen LogP contribution in [0.15, 0.2) is 0 Å². The van der Waals surface area contributed by atoms with Crippen LogP contribution in [0.1, 0.15) is 13.8 Å². The predicted molar refractivity (Wildman–Crippen MR) is 21.4 cm³/mol. The molecule has 65 valence electrons. The minimum Gasteiger partial charge on any atom is -1.00 e. The van der Waals surface area contributed by atoms with Gasteiger partial charge in [0.05, 0.1) is 0 Å². The van der Waals surface area contributed by atoms with E-state index in [9.17, 15) is 0 Å². The number of carbonyl (C=O) groups excluding carboxylic acids is 2. The van der Waals surface area contributed by atoms with Crippen molar-refractivity contribution >= 4 is 11.9 Å². The van der Waals surface area contributed by atoms with Crippen molar-refractivity contribution in [1.29, 1.82) is 0 Å². The van der Waals surface area contributed by atoms with Crippen molar-refractivity contribution in [3.8, 4) is 0 Å². The largest absolute Gasteiger partial charge is 2.00 e. The Kier molecular flexibility index (Phi) is 60.3. The van der Waals surface area contributed by atoms with Crippen LogP contribution in [0.5, 0.6) is 0 Å². The molecule has 0 aliphatic carbocycles. The first kappa shape index (κ1) is 29.3. The first-order chi connectivity index (χ1) is 3.46. The van der Waals surface area contributed by atoms with E-state index in [2.05, 4.69) is 0 Å². The van der Waals surface area contributed by atoms with Gasteiger partial charge >= 0.3 is 68.5 Å². The maximum absolute atomic E-state index is 8.89. The quantitative estimate of drug-likeness (QED) is 0.322. The molecule has 0 aromatic heterocycles. The van der Waals surface area contributed by atoms with Gasteiger partial charge in [0.25, 0.3) is 0 Å². The maximum atomic E-state index is 8.89. The summed E-state index contributed by atoms with van der Waals surface area (Å²) in [5.74, 6) is -2.17. The second-order valence-electron chi connectivity index (χ2n) is 0.983. The van der Waals surface area contributed by atoms with Gasteiger partial charge in [-0.15, -0.1) is 0 Å². The smallest absolute Gasteiger partial charge is 1.00 e. The van der Waals surface area contributed by atoms with Gasteiger partial charge in [0, 0.05) is 11.9 Å². The van der Waals surface area contributed by atoms with Crippen LogP contribution in [-0.2, 0) is 26.7 Å². The Morgan fingerprint density at radius 1 is 1.00 bits per heavy atom. The Balaban J connectivity index is -0.0000000171. The molecule has 0 bridgehead atoms. The van der Waals surface area contributed by atoms with Crippen molar-refractivity contribution in [3.05, 3.63) is 0 Å². The molecule has 0 spiro atoms. The molecule has 4 nitrogen and oxygen atoms in total. The Labute approximate surface area is 135 Å². The molecule has 0 aliphatic rings. The summed E-state index contributed by atoms with van der Waals surface area (Å²) in [4.78, 5) is 17.8. The van der Waals surface area contributed by atoms with Crippen molar-refractivity contribution < 1.29 is 112 Å². The molecule has 0 atom stereocenters. The number of carboxylic acids is 2. The van der Waals surface area contributed by atoms with Gasteiger partial charge in [-0.3, -0.25) is 0 Å². The summed E-state index contributed by atoms with van der Waals surface area (Å²) in [6.45, 7) is 1.94. The topological polar surface area (TPSA) is 80.3 Å². The maximum Gasteiger partial charge on any atom is 2.00 e. The van der Waals surface area contributed by atoms with E-state index in [-0.39, 0.29) is 92.4 Å². The van der Waals surface area contributed by atoms with Crippen molar-refractivity contribution in [2.45, 2.75) is 13.8 Å². The molecule has 0 saturated heterocycles. The number of hydrogen-bond donors (Lipinski definition) is 0. The van der Waals surface area contributed by atoms with Crippen LogP contribution in [0.2, 0.25) is 0 Å². The van der Waals surface area contributed by atoms with Crippen LogP contribution < -0.4 is 85.6 Å². The number of aliphatic carboxylic acids is 2. The van der Waals surface area contributed by atoms with Crippen LogP contribution in [0.3, 0.4) is 0 Å². The molecule has 0 N–H and O–H groups in total. The number of carboxylic acid groups (broad SMARTS) is 2. The zero-order chi connectivity index (χ0) is 7.15. The second kappa shape index (κ2) is 22.6. The molecule has 7 heteroatoms. The fourth-order valence-electron chi connectivity index (χ4n) is 0. The molecule has 0 amide bonds. The number of hydrogen-bond acceptors (Lipinski definition) is 4. The van der Waals surface area contributed by atoms with E-state index in [4.69, 9.17) is 19.8 Å². The van der Waals surface area contributed by atoms with Gasteiger partial charge in [-0.1, -0.05) is 0 Å². The predicted octanol–water partition coefficient (Wildman–Crippen LogP) is -8.48. The fourth-order valence-corrected chi connectivity index (χ4v) is 0. The normalized spacial score (nSPS) is 4.55. The summed E-state index contributed by atoms with van der Waals surface area (Å²) >= 11 is 0. The minimum absolute atomic E-state index is 0. The molecule has 11 heavy (non-hydrogen) atoms. The van der Waals surface area contributed by atoms with Crippen LogP contribution >= 0.6 is 0 Å². The molecule has 0 rings (SSSR count). The van der Waals surface area contributed by atoms with Gasteiger partial charge in [0.2, 0.25) is 0 Å². The zero-order valence-corrected chi connectivity index (χ0v) is 12.5. The summed E-state index contributed by atoms with van der Waals surface area (Å²) in [6, 6.07) is 0. The molecular weight excluding hydrogens is 342 g/mol. The van der Waals surface area contributed by atoms with E-state index in [1.54, 1.807) is 0 Å². The van der Waals surface area contributed by atoms with Gasteiger partial charge in [0.15, 0.2) is 0 Å². The third-order valence-electron chi connectivity index (χ3n) is 0. The van der Waals surface area contributed by atoms with E-state index in [1.807, 2.05) is 0 Å². The molecular formula is C4H6CuIKO4. The fraction of sp³-hybridized carbons (Fsp3) is 0.500. The molecule has 0 fully saturated rings. The average Bonchev–Trinajstić information content (AvgIpc) is 1.25. The Morgan fingerprint density at radius 3 is 1.00 bits per heavy atom. The van der Waals surface area contributed by atoms with E-state index in [1.165, 1.54) is 0 Å². The van der Waals surface area contributed by atoms with Gasteiger partial charge in [-0.25, -0.2) is 0 Å². The summed E-state index contributed by atoms with van der Waals surface area (Å²) in [5, 5.41) is 17.8. The van der Waals surface area contributed by atoms with Crippen molar-refractivity contribution in [1.82, 2.24) is 0 Å². The van der Waals surface area contributed by atoms with Crippen LogP contribution in [-0.4, -0.2) is 11.9 Å². The molecule has 0 saturated carbocycles. The van der Waals surface area contributed by atoms with Gasteiger partial charge in [-0.05, 0) is 13.8 Å². The van der Waals surface area contributed by atoms with Crippen LogP contribution in [0.4, 0.5) is 0 Å². The van der Waals surface area contributed by atoms with Gasteiger partial charge in [-0.2, -0.15) is 0 Å². The molecule has 0 aromatic rings. The van der Waals surface area contributed by atoms with E-state index < -0.39 is 11.9 Å². The number of rotatable bonds is 0. The average molecular weight is 348 g/mol. The summed E-state index contributed by atoms with van der Waals surface area (Å²) in [5.41, 5.74) is 0. The van der Waals surface area contributed by atoms with Crippen molar-refractivity contribution in [3.63, 3.8) is 0 Å². The van der Waals surface area contributed by atoms with E-state index in [0.717, 1.165) is 13.8 Å². The molecule has 0 aromatic carbocycles. The summed E-state index contributed by atoms with van der Waals surface area (Å²) < 4.78 is 0.